The monoisotopic (exact) mass is 293 g/mol. The van der Waals surface area contributed by atoms with E-state index < -0.39 is 0 Å². The first kappa shape index (κ1) is 14.6. The summed E-state index contributed by atoms with van der Waals surface area (Å²) in [6.07, 6.45) is 0. The SMILES string of the molecule is CC(C)c1ccc(C(=O)N(C)C[C@H](C)c2nn[nH]n2)s1. The number of carbonyl (C=O) groups is 1. The highest BCUT2D eigenvalue weighted by atomic mass is 32.1. The molecule has 7 heteroatoms. The highest BCUT2D eigenvalue weighted by molar-refractivity contribution is 7.14. The Morgan fingerprint density at radius 2 is 2.15 bits per heavy atom. The van der Waals surface area contributed by atoms with Gasteiger partial charge in [-0.25, -0.2) is 0 Å². The van der Waals surface area contributed by atoms with Gasteiger partial charge in [0, 0.05) is 24.4 Å². The summed E-state index contributed by atoms with van der Waals surface area (Å²) in [6, 6.07) is 3.93. The molecule has 1 amide bonds. The molecule has 0 fully saturated rings. The van der Waals surface area contributed by atoms with E-state index in [0.29, 0.717) is 18.3 Å². The van der Waals surface area contributed by atoms with Crippen LogP contribution in [0.15, 0.2) is 12.1 Å². The number of likely N-dealkylation sites (N-methyl/N-ethyl adjacent to an activating group) is 1. The first-order chi connectivity index (χ1) is 9.49. The fourth-order valence-electron chi connectivity index (χ4n) is 1.92. The van der Waals surface area contributed by atoms with Gasteiger partial charge in [0.25, 0.3) is 5.91 Å². The molecule has 20 heavy (non-hydrogen) atoms. The summed E-state index contributed by atoms with van der Waals surface area (Å²) in [5.41, 5.74) is 0. The van der Waals surface area contributed by atoms with Gasteiger partial charge in [0.2, 0.25) is 0 Å². The van der Waals surface area contributed by atoms with Crippen molar-refractivity contribution in [1.82, 2.24) is 25.5 Å². The van der Waals surface area contributed by atoms with Crippen molar-refractivity contribution in [3.05, 3.63) is 27.7 Å². The van der Waals surface area contributed by atoms with Crippen LogP contribution in [0.3, 0.4) is 0 Å². The minimum absolute atomic E-state index is 0.0391. The summed E-state index contributed by atoms with van der Waals surface area (Å²) in [7, 11) is 1.80. The Morgan fingerprint density at radius 1 is 1.40 bits per heavy atom. The molecule has 2 aromatic heterocycles. The summed E-state index contributed by atoms with van der Waals surface area (Å²) in [4.78, 5) is 16.1. The predicted octanol–water partition coefficient (Wildman–Crippen LogP) is 2.26. The topological polar surface area (TPSA) is 74.8 Å². The third-order valence-electron chi connectivity index (χ3n) is 3.10. The molecule has 6 nitrogen and oxygen atoms in total. The number of nitrogens with one attached hydrogen (secondary N) is 1. The highest BCUT2D eigenvalue weighted by Crippen LogP contribution is 2.25. The number of rotatable bonds is 5. The summed E-state index contributed by atoms with van der Waals surface area (Å²) in [5.74, 6) is 1.16. The van der Waals surface area contributed by atoms with Crippen molar-refractivity contribution < 1.29 is 4.79 Å². The normalized spacial score (nSPS) is 12.7. The van der Waals surface area contributed by atoms with Crippen LogP contribution in [-0.4, -0.2) is 45.0 Å². The zero-order chi connectivity index (χ0) is 14.7. The first-order valence-electron chi connectivity index (χ1n) is 6.57. The van der Waals surface area contributed by atoms with E-state index in [2.05, 4.69) is 34.5 Å². The molecule has 0 aliphatic rings. The van der Waals surface area contributed by atoms with Gasteiger partial charge < -0.3 is 4.90 Å². The summed E-state index contributed by atoms with van der Waals surface area (Å²) >= 11 is 1.56. The molecule has 2 heterocycles. The molecular formula is C13H19N5OS. The Balaban J connectivity index is 2.01. The van der Waals surface area contributed by atoms with Crippen molar-refractivity contribution in [2.45, 2.75) is 32.6 Å². The van der Waals surface area contributed by atoms with Crippen LogP contribution in [0.25, 0.3) is 0 Å². The molecule has 0 radical (unpaired) electrons. The number of H-pyrrole nitrogens is 1. The molecule has 2 aromatic rings. The maximum absolute atomic E-state index is 12.4. The molecule has 0 spiro atoms. The predicted molar refractivity (Wildman–Crippen MR) is 78.0 cm³/mol. The minimum atomic E-state index is 0.0391. The van der Waals surface area contributed by atoms with E-state index >= 15 is 0 Å². The maximum Gasteiger partial charge on any atom is 0.263 e. The third kappa shape index (κ3) is 3.22. The molecule has 1 atom stereocenters. The second-order valence-corrected chi connectivity index (χ2v) is 6.33. The van der Waals surface area contributed by atoms with Gasteiger partial charge in [0.15, 0.2) is 5.82 Å². The van der Waals surface area contributed by atoms with Crippen LogP contribution in [0.5, 0.6) is 0 Å². The van der Waals surface area contributed by atoms with Crippen molar-refractivity contribution in [2.75, 3.05) is 13.6 Å². The van der Waals surface area contributed by atoms with Crippen molar-refractivity contribution >= 4 is 17.2 Å². The van der Waals surface area contributed by atoms with Crippen molar-refractivity contribution in [1.29, 1.82) is 0 Å². The average Bonchev–Trinajstić information content (AvgIpc) is 3.08. The molecular weight excluding hydrogens is 274 g/mol. The second kappa shape index (κ2) is 6.13. The zero-order valence-electron chi connectivity index (χ0n) is 12.1. The van der Waals surface area contributed by atoms with Crippen LogP contribution >= 0.6 is 11.3 Å². The highest BCUT2D eigenvalue weighted by Gasteiger charge is 2.19. The lowest BCUT2D eigenvalue weighted by atomic mass is 10.1. The molecule has 2 rings (SSSR count). The average molecular weight is 293 g/mol. The van der Waals surface area contributed by atoms with E-state index in [1.165, 1.54) is 4.88 Å². The van der Waals surface area contributed by atoms with Gasteiger partial charge in [-0.2, -0.15) is 5.21 Å². The first-order valence-corrected chi connectivity index (χ1v) is 7.39. The van der Waals surface area contributed by atoms with E-state index in [4.69, 9.17) is 0 Å². The molecule has 0 bridgehead atoms. The van der Waals surface area contributed by atoms with Crippen LogP contribution in [0.1, 0.15) is 53.0 Å². The van der Waals surface area contributed by atoms with Gasteiger partial charge in [-0.15, -0.1) is 21.5 Å². The van der Waals surface area contributed by atoms with E-state index in [1.54, 1.807) is 23.3 Å². The Morgan fingerprint density at radius 3 is 2.70 bits per heavy atom. The van der Waals surface area contributed by atoms with Gasteiger partial charge in [-0.05, 0) is 18.1 Å². The quantitative estimate of drug-likeness (QED) is 0.917. The number of amides is 1. The molecule has 0 saturated heterocycles. The fourth-order valence-corrected chi connectivity index (χ4v) is 2.92. The fraction of sp³-hybridized carbons (Fsp3) is 0.538. The number of nitrogens with zero attached hydrogens (tertiary/aromatic N) is 4. The van der Waals surface area contributed by atoms with Crippen LogP contribution < -0.4 is 0 Å². The molecule has 0 aliphatic carbocycles. The zero-order valence-corrected chi connectivity index (χ0v) is 12.9. The standard InChI is InChI=1S/C13H19N5OS/c1-8(2)10-5-6-11(20-10)13(19)18(4)7-9(3)12-14-16-17-15-12/h5-6,8-9H,7H2,1-4H3,(H,14,15,16,17)/t9-/m0/s1. The summed E-state index contributed by atoms with van der Waals surface area (Å²) < 4.78 is 0. The van der Waals surface area contributed by atoms with Crippen LogP contribution in [0, 0.1) is 0 Å². The number of hydrogen-bond acceptors (Lipinski definition) is 5. The number of aromatic amines is 1. The molecule has 1 N–H and O–H groups in total. The number of thiophene rings is 1. The Labute approximate surface area is 122 Å². The van der Waals surface area contributed by atoms with Crippen molar-refractivity contribution in [3.63, 3.8) is 0 Å². The molecule has 0 unspecified atom stereocenters. The summed E-state index contributed by atoms with van der Waals surface area (Å²) in [6.45, 7) is 6.79. The lowest BCUT2D eigenvalue weighted by molar-refractivity contribution is 0.0792. The van der Waals surface area contributed by atoms with E-state index in [1.807, 2.05) is 19.1 Å². The molecule has 0 saturated carbocycles. The molecule has 0 aromatic carbocycles. The van der Waals surface area contributed by atoms with Crippen LogP contribution in [0.4, 0.5) is 0 Å². The number of aromatic nitrogens is 4. The minimum Gasteiger partial charge on any atom is -0.340 e. The number of carbonyl (C=O) groups excluding carboxylic acids is 1. The van der Waals surface area contributed by atoms with Crippen LogP contribution in [0.2, 0.25) is 0 Å². The smallest absolute Gasteiger partial charge is 0.263 e. The van der Waals surface area contributed by atoms with Gasteiger partial charge in [0.05, 0.1) is 4.88 Å². The third-order valence-corrected chi connectivity index (χ3v) is 4.48. The van der Waals surface area contributed by atoms with Gasteiger partial charge in [0.1, 0.15) is 0 Å². The van der Waals surface area contributed by atoms with Crippen LogP contribution in [-0.2, 0) is 0 Å². The van der Waals surface area contributed by atoms with Crippen molar-refractivity contribution in [2.24, 2.45) is 0 Å². The summed E-state index contributed by atoms with van der Waals surface area (Å²) in [5, 5.41) is 13.9. The van der Waals surface area contributed by atoms with E-state index in [9.17, 15) is 4.79 Å². The Hall–Kier alpha value is -1.76. The Bertz CT molecular complexity index is 563. The lowest BCUT2D eigenvalue weighted by Gasteiger charge is -2.19. The molecule has 0 aliphatic heterocycles. The van der Waals surface area contributed by atoms with Gasteiger partial charge >= 0.3 is 0 Å². The van der Waals surface area contributed by atoms with E-state index in [0.717, 1.165) is 4.88 Å². The lowest BCUT2D eigenvalue weighted by Crippen LogP contribution is -2.30. The number of hydrogen-bond donors (Lipinski definition) is 1. The van der Waals surface area contributed by atoms with Gasteiger partial charge in [-0.3, -0.25) is 4.79 Å². The Kier molecular flexibility index (Phi) is 4.49. The van der Waals surface area contributed by atoms with Crippen molar-refractivity contribution in [3.8, 4) is 0 Å². The molecule has 108 valence electrons. The largest absolute Gasteiger partial charge is 0.340 e. The number of tetrazole rings is 1. The second-order valence-electron chi connectivity index (χ2n) is 5.21. The van der Waals surface area contributed by atoms with Gasteiger partial charge in [-0.1, -0.05) is 26.0 Å². The maximum atomic E-state index is 12.4. The van der Waals surface area contributed by atoms with E-state index in [-0.39, 0.29) is 11.8 Å².